The first-order valence-corrected chi connectivity index (χ1v) is 36.5. The molecular formula is C56H122O6P4+2. The Morgan fingerprint density at radius 1 is 0.258 bits per heavy atom. The molecule has 0 saturated heterocycles. The van der Waals surface area contributed by atoms with E-state index in [0.717, 1.165) is 25.7 Å². The van der Waals surface area contributed by atoms with Crippen LogP contribution in [0.3, 0.4) is 0 Å². The highest BCUT2D eigenvalue weighted by Crippen LogP contribution is 2.62. The summed E-state index contributed by atoms with van der Waals surface area (Å²) in [6, 6.07) is 0. The normalized spacial score (nSPS) is 11.9. The van der Waals surface area contributed by atoms with Gasteiger partial charge in [-0.25, -0.2) is 0 Å². The maximum atomic E-state index is 10.1. The van der Waals surface area contributed by atoms with Crippen molar-refractivity contribution < 1.29 is 28.0 Å². The van der Waals surface area contributed by atoms with Crippen molar-refractivity contribution in [1.82, 2.24) is 0 Å². The van der Waals surface area contributed by atoms with Crippen LogP contribution in [-0.4, -0.2) is 62.5 Å². The van der Waals surface area contributed by atoms with Crippen LogP contribution in [0, 0.1) is 0 Å². The highest BCUT2D eigenvalue weighted by molar-refractivity contribution is 7.76. The quantitative estimate of drug-likeness (QED) is 0.0445. The first-order valence-electron chi connectivity index (χ1n) is 29.3. The fourth-order valence-corrected chi connectivity index (χ4v) is 19.9. The number of unbranched alkanes of at least 4 members (excludes halogenated alkanes) is 26. The Bertz CT molecular complexity index is 780. The molecule has 0 rings (SSSR count). The summed E-state index contributed by atoms with van der Waals surface area (Å²) in [7, 11) is -6.40. The summed E-state index contributed by atoms with van der Waals surface area (Å²) in [5.74, 6) is 0. The molecule has 400 valence electrons. The average molecular weight is 1020 g/mol. The van der Waals surface area contributed by atoms with Crippen molar-refractivity contribution in [2.24, 2.45) is 0 Å². The molecule has 2 atom stereocenters. The smallest absolute Gasteiger partial charge is 0.488 e. The van der Waals surface area contributed by atoms with E-state index in [1.165, 1.54) is 205 Å². The minimum Gasteiger partial charge on any atom is -0.566 e. The predicted molar refractivity (Wildman–Crippen MR) is 303 cm³/mol. The third kappa shape index (κ3) is 59.2. The molecule has 0 fully saturated rings. The van der Waals surface area contributed by atoms with Crippen molar-refractivity contribution in [3.63, 3.8) is 0 Å². The van der Waals surface area contributed by atoms with E-state index in [0.29, 0.717) is 13.2 Å². The Morgan fingerprint density at radius 3 is 0.561 bits per heavy atom. The summed E-state index contributed by atoms with van der Waals surface area (Å²) < 4.78 is 29.1. The molecule has 0 amide bonds. The van der Waals surface area contributed by atoms with Gasteiger partial charge in [-0.3, -0.25) is 0 Å². The van der Waals surface area contributed by atoms with Crippen molar-refractivity contribution >= 4 is 31.0 Å². The Balaban J connectivity index is -0.000000388. The summed E-state index contributed by atoms with van der Waals surface area (Å²) in [5, 5.41) is 0. The lowest BCUT2D eigenvalue weighted by Gasteiger charge is -2.28. The molecule has 0 heterocycles. The minimum absolute atomic E-state index is 0.356. The molecular weight excluding hydrogens is 893 g/mol. The molecule has 0 aliphatic heterocycles. The second kappa shape index (κ2) is 62.0. The van der Waals surface area contributed by atoms with Gasteiger partial charge >= 0.3 is 16.5 Å². The van der Waals surface area contributed by atoms with Gasteiger partial charge in [-0.2, -0.15) is 0 Å². The number of rotatable bonds is 48. The van der Waals surface area contributed by atoms with E-state index in [2.05, 4.69) is 78.3 Å². The maximum absolute atomic E-state index is 10.1. The molecule has 0 N–H and O–H groups in total. The molecule has 2 unspecified atom stereocenters. The molecule has 0 aliphatic carbocycles. The third-order valence-electron chi connectivity index (χ3n) is 13.3. The van der Waals surface area contributed by atoms with Crippen LogP contribution >= 0.6 is 31.0 Å². The van der Waals surface area contributed by atoms with E-state index >= 15 is 0 Å². The van der Waals surface area contributed by atoms with Gasteiger partial charge in [0.2, 0.25) is 0 Å². The topological polar surface area (TPSA) is 98.7 Å². The van der Waals surface area contributed by atoms with Gasteiger partial charge < -0.3 is 9.79 Å². The zero-order chi connectivity index (χ0) is 50.1. The molecule has 0 aromatic rings. The highest BCUT2D eigenvalue weighted by Gasteiger charge is 2.35. The zero-order valence-corrected chi connectivity index (χ0v) is 50.3. The van der Waals surface area contributed by atoms with Crippen LogP contribution < -0.4 is 9.79 Å². The van der Waals surface area contributed by atoms with Gasteiger partial charge in [-0.15, -0.1) is 9.05 Å². The molecule has 0 saturated carbocycles. The monoisotopic (exact) mass is 1010 g/mol. The predicted octanol–water partition coefficient (Wildman–Crippen LogP) is 20.3. The van der Waals surface area contributed by atoms with Gasteiger partial charge in [0.05, 0.1) is 49.3 Å². The first-order chi connectivity index (χ1) is 32.0. The molecule has 66 heavy (non-hydrogen) atoms. The van der Waals surface area contributed by atoms with Crippen molar-refractivity contribution in [2.75, 3.05) is 62.5 Å². The fraction of sp³-hybridized carbons (Fsp3) is 1.00. The maximum Gasteiger partial charge on any atom is 0.488 e. The lowest BCUT2D eigenvalue weighted by molar-refractivity contribution is -0.186. The molecule has 6 nitrogen and oxygen atoms in total. The van der Waals surface area contributed by atoms with Crippen LogP contribution in [-0.2, 0) is 18.2 Å². The van der Waals surface area contributed by atoms with Gasteiger partial charge in [-0.05, 0) is 73.3 Å². The summed E-state index contributed by atoms with van der Waals surface area (Å²) in [6.45, 7) is 24.0. The van der Waals surface area contributed by atoms with Crippen LogP contribution in [0.2, 0.25) is 0 Å². The van der Waals surface area contributed by atoms with Crippen LogP contribution in [0.5, 0.6) is 0 Å². The summed E-state index contributed by atoms with van der Waals surface area (Å²) in [5.41, 5.74) is 0. The van der Waals surface area contributed by atoms with E-state index < -0.39 is 31.0 Å². The summed E-state index contributed by atoms with van der Waals surface area (Å²) in [6.07, 6.45) is 60.9. The van der Waals surface area contributed by atoms with Crippen LogP contribution in [0.25, 0.3) is 0 Å². The summed E-state index contributed by atoms with van der Waals surface area (Å²) in [4.78, 5) is 20.1. The number of hydrogen-bond donors (Lipinski definition) is 0. The SMILES string of the molecule is CCCCCCCCCCCCO[P+](=O)[O-].CCCCCCCCCCCCO[P+](=O)[O-].CCCC[P+](CCCC)(CCCC)CCCC.CCCC[P+](CCCC)(CCCC)CCCC. The van der Waals surface area contributed by atoms with Crippen LogP contribution in [0.4, 0.5) is 0 Å². The van der Waals surface area contributed by atoms with Crippen LogP contribution in [0.15, 0.2) is 0 Å². The summed E-state index contributed by atoms with van der Waals surface area (Å²) >= 11 is 0. The second-order valence-corrected chi connectivity index (χ2v) is 30.1. The van der Waals surface area contributed by atoms with Gasteiger partial charge in [0, 0.05) is 14.5 Å². The molecule has 0 aliphatic rings. The van der Waals surface area contributed by atoms with E-state index in [-0.39, 0.29) is 0 Å². The molecule has 0 aromatic heterocycles. The van der Waals surface area contributed by atoms with E-state index in [4.69, 9.17) is 0 Å². The zero-order valence-electron chi connectivity index (χ0n) is 46.8. The Labute approximate surface area is 420 Å². The Kier molecular flexibility index (Phi) is 69.0. The van der Waals surface area contributed by atoms with E-state index in [9.17, 15) is 18.9 Å². The van der Waals surface area contributed by atoms with Crippen molar-refractivity contribution in [3.05, 3.63) is 0 Å². The average Bonchev–Trinajstić information content (AvgIpc) is 3.32. The minimum atomic E-state index is -2.64. The molecule has 10 heteroatoms. The van der Waals surface area contributed by atoms with Crippen molar-refractivity contribution in [2.45, 2.75) is 300 Å². The van der Waals surface area contributed by atoms with Crippen LogP contribution in [0.1, 0.15) is 300 Å². The second-order valence-electron chi connectivity index (χ2n) is 19.8. The van der Waals surface area contributed by atoms with Gasteiger partial charge in [0.1, 0.15) is 13.2 Å². The molecule has 0 bridgehead atoms. The Hall–Kier alpha value is 0.900. The van der Waals surface area contributed by atoms with E-state index in [1.807, 2.05) is 0 Å². The van der Waals surface area contributed by atoms with Gasteiger partial charge in [0.15, 0.2) is 0 Å². The fourth-order valence-electron chi connectivity index (χ4n) is 8.75. The number of hydrogen-bond acceptors (Lipinski definition) is 6. The molecule has 0 spiro atoms. The van der Waals surface area contributed by atoms with Gasteiger partial charge in [0.25, 0.3) is 0 Å². The van der Waals surface area contributed by atoms with Gasteiger partial charge in [-0.1, -0.05) is 236 Å². The largest absolute Gasteiger partial charge is 0.566 e. The molecule has 0 aromatic carbocycles. The van der Waals surface area contributed by atoms with Crippen molar-refractivity contribution in [1.29, 1.82) is 0 Å². The first kappa shape index (κ1) is 73.4. The highest BCUT2D eigenvalue weighted by atomic mass is 31.2. The Morgan fingerprint density at radius 2 is 0.409 bits per heavy atom. The lowest BCUT2D eigenvalue weighted by Crippen LogP contribution is -2.12. The lowest BCUT2D eigenvalue weighted by atomic mass is 10.1. The molecule has 0 radical (unpaired) electrons. The standard InChI is InChI=1S/2C16H36P.2C12H25O3P/c2*1-5-9-13-17(14-10-6-2,15-11-7-3)16-12-8-4;2*1-2-3-4-5-6-7-8-9-10-11-12-15-16(13)14/h2*5-16H2,1-4H3;2*2-12H2,1H3/q2*+1;;. The van der Waals surface area contributed by atoms with Crippen molar-refractivity contribution in [3.8, 4) is 0 Å². The third-order valence-corrected chi connectivity index (χ3v) is 24.2. The van der Waals surface area contributed by atoms with E-state index in [1.54, 1.807) is 49.3 Å².